The number of carbonyl (C=O) groups excluding carboxylic acids is 1. The summed E-state index contributed by atoms with van der Waals surface area (Å²) in [4.78, 5) is 18.4. The van der Waals surface area contributed by atoms with E-state index in [1.54, 1.807) is 6.07 Å². The monoisotopic (exact) mass is 385 g/mol. The van der Waals surface area contributed by atoms with E-state index in [9.17, 15) is 18.0 Å². The molecule has 2 fully saturated rings. The molecule has 1 atom stereocenters. The smallest absolute Gasteiger partial charge is 0.422 e. The first-order valence-electron chi connectivity index (χ1n) is 9.61. The fourth-order valence-electron chi connectivity index (χ4n) is 4.13. The maximum absolute atomic E-state index is 12.6. The fraction of sp³-hybridized carbons (Fsp3) is 0.684. The zero-order chi connectivity index (χ0) is 19.3. The van der Waals surface area contributed by atoms with Crippen molar-refractivity contribution in [2.75, 3.05) is 13.2 Å². The second-order valence-electron chi connectivity index (χ2n) is 7.37. The molecule has 0 aromatic carbocycles. The number of carbonyl (C=O) groups is 1. The number of ether oxygens (including phenoxy) is 1. The number of nitrogens with zero attached hydrogens (tertiary/aromatic N) is 2. The third-order valence-corrected chi connectivity index (χ3v) is 5.38. The van der Waals surface area contributed by atoms with Crippen LogP contribution in [0.25, 0.3) is 0 Å². The zero-order valence-electron chi connectivity index (χ0n) is 15.3. The zero-order valence-corrected chi connectivity index (χ0v) is 15.3. The molecule has 1 aromatic heterocycles. The Morgan fingerprint density at radius 1 is 1.22 bits per heavy atom. The van der Waals surface area contributed by atoms with Crippen molar-refractivity contribution in [1.82, 2.24) is 15.2 Å². The summed E-state index contributed by atoms with van der Waals surface area (Å²) in [5.74, 6) is 0.496. The van der Waals surface area contributed by atoms with Crippen LogP contribution in [0.3, 0.4) is 0 Å². The summed E-state index contributed by atoms with van der Waals surface area (Å²) < 4.78 is 41.4. The standard InChI is InChI=1S/C19H26F3N3O2/c20-19(21,22)13-27-17-11-14(8-9-23-17)12-24-18(26)25-10-4-7-16(25)15-5-2-1-3-6-15/h8-9,11,15-16H,1-7,10,12-13H2,(H,24,26). The summed E-state index contributed by atoms with van der Waals surface area (Å²) in [6.07, 6.45) is 5.22. The molecule has 1 unspecified atom stereocenters. The number of nitrogens with one attached hydrogen (secondary N) is 1. The van der Waals surface area contributed by atoms with Crippen molar-refractivity contribution in [3.05, 3.63) is 23.9 Å². The van der Waals surface area contributed by atoms with Gasteiger partial charge in [-0.2, -0.15) is 13.2 Å². The number of hydrogen-bond donors (Lipinski definition) is 1. The molecule has 1 aliphatic heterocycles. The van der Waals surface area contributed by atoms with E-state index in [1.807, 2.05) is 4.90 Å². The summed E-state index contributed by atoms with van der Waals surface area (Å²) in [5, 5.41) is 2.89. The van der Waals surface area contributed by atoms with Gasteiger partial charge >= 0.3 is 12.2 Å². The van der Waals surface area contributed by atoms with Crippen molar-refractivity contribution in [2.24, 2.45) is 5.92 Å². The molecule has 1 saturated heterocycles. The highest BCUT2D eigenvalue weighted by atomic mass is 19.4. The second-order valence-corrected chi connectivity index (χ2v) is 7.37. The van der Waals surface area contributed by atoms with E-state index < -0.39 is 12.8 Å². The van der Waals surface area contributed by atoms with Gasteiger partial charge in [-0.05, 0) is 43.2 Å². The van der Waals surface area contributed by atoms with E-state index >= 15 is 0 Å². The molecule has 0 spiro atoms. The Balaban J connectivity index is 1.52. The molecule has 2 heterocycles. The summed E-state index contributed by atoms with van der Waals surface area (Å²) in [6, 6.07) is 3.30. The van der Waals surface area contributed by atoms with Crippen molar-refractivity contribution in [3.8, 4) is 5.88 Å². The predicted molar refractivity (Wildman–Crippen MR) is 94.3 cm³/mol. The van der Waals surface area contributed by atoms with Gasteiger partial charge in [-0.25, -0.2) is 9.78 Å². The van der Waals surface area contributed by atoms with Crippen molar-refractivity contribution in [3.63, 3.8) is 0 Å². The summed E-state index contributed by atoms with van der Waals surface area (Å²) in [6.45, 7) is -0.381. The maximum Gasteiger partial charge on any atom is 0.422 e. The Morgan fingerprint density at radius 2 is 2.00 bits per heavy atom. The van der Waals surface area contributed by atoms with Gasteiger partial charge < -0.3 is 15.0 Å². The third kappa shape index (κ3) is 5.74. The number of likely N-dealkylation sites (tertiary alicyclic amines) is 1. The van der Waals surface area contributed by atoms with Crippen LogP contribution in [0.1, 0.15) is 50.5 Å². The van der Waals surface area contributed by atoms with Crippen molar-refractivity contribution in [2.45, 2.75) is 63.7 Å². The molecule has 1 N–H and O–H groups in total. The molecule has 3 rings (SSSR count). The van der Waals surface area contributed by atoms with Gasteiger partial charge in [0.15, 0.2) is 6.61 Å². The van der Waals surface area contributed by atoms with Crippen LogP contribution in [-0.4, -0.2) is 41.3 Å². The number of urea groups is 1. The molecule has 27 heavy (non-hydrogen) atoms. The number of halogens is 3. The van der Waals surface area contributed by atoms with Gasteiger partial charge in [-0.1, -0.05) is 19.3 Å². The molecule has 0 bridgehead atoms. The molecular weight excluding hydrogens is 359 g/mol. The molecular formula is C19H26F3N3O2. The second kappa shape index (κ2) is 8.80. The molecule has 150 valence electrons. The maximum atomic E-state index is 12.6. The highest BCUT2D eigenvalue weighted by molar-refractivity contribution is 5.74. The SMILES string of the molecule is O=C(NCc1ccnc(OCC(F)(F)F)c1)N1CCCC1C1CCCCC1. The molecule has 5 nitrogen and oxygen atoms in total. The van der Waals surface area contributed by atoms with E-state index in [-0.39, 0.29) is 18.5 Å². The number of amides is 2. The number of alkyl halides is 3. The molecule has 2 aliphatic rings. The van der Waals surface area contributed by atoms with Crippen LogP contribution in [-0.2, 0) is 6.54 Å². The molecule has 8 heteroatoms. The lowest BCUT2D eigenvalue weighted by Gasteiger charge is -2.34. The van der Waals surface area contributed by atoms with Crippen LogP contribution in [0.4, 0.5) is 18.0 Å². The normalized spacial score (nSPS) is 21.3. The van der Waals surface area contributed by atoms with Crippen molar-refractivity contribution < 1.29 is 22.7 Å². The van der Waals surface area contributed by atoms with E-state index in [2.05, 4.69) is 15.0 Å². The van der Waals surface area contributed by atoms with E-state index in [0.717, 1.165) is 19.4 Å². The lowest BCUT2D eigenvalue weighted by molar-refractivity contribution is -0.154. The van der Waals surface area contributed by atoms with E-state index in [0.29, 0.717) is 17.5 Å². The van der Waals surface area contributed by atoms with Crippen molar-refractivity contribution >= 4 is 6.03 Å². The molecule has 2 amide bonds. The minimum Gasteiger partial charge on any atom is -0.468 e. The highest BCUT2D eigenvalue weighted by Gasteiger charge is 2.35. The molecule has 1 aliphatic carbocycles. The van der Waals surface area contributed by atoms with Gasteiger partial charge in [0.05, 0.1) is 0 Å². The summed E-state index contributed by atoms with van der Waals surface area (Å²) in [7, 11) is 0. The first-order chi connectivity index (χ1) is 12.9. The first kappa shape index (κ1) is 19.8. The van der Waals surface area contributed by atoms with Crippen LogP contribution in [0.5, 0.6) is 5.88 Å². The van der Waals surface area contributed by atoms with Gasteiger partial charge in [0.2, 0.25) is 5.88 Å². The number of aromatic nitrogens is 1. The van der Waals surface area contributed by atoms with Crippen LogP contribution < -0.4 is 10.1 Å². The Kier molecular flexibility index (Phi) is 6.44. The van der Waals surface area contributed by atoms with Crippen LogP contribution in [0.15, 0.2) is 18.3 Å². The minimum absolute atomic E-state index is 0.0969. The van der Waals surface area contributed by atoms with Crippen LogP contribution in [0, 0.1) is 5.92 Å². The average molecular weight is 385 g/mol. The van der Waals surface area contributed by atoms with Crippen LogP contribution in [0.2, 0.25) is 0 Å². The van der Waals surface area contributed by atoms with Crippen molar-refractivity contribution in [1.29, 1.82) is 0 Å². The fourth-order valence-corrected chi connectivity index (χ4v) is 4.13. The average Bonchev–Trinajstić information content (AvgIpc) is 3.15. The number of hydrogen-bond acceptors (Lipinski definition) is 3. The largest absolute Gasteiger partial charge is 0.468 e. The Morgan fingerprint density at radius 3 is 2.74 bits per heavy atom. The number of pyridine rings is 1. The highest BCUT2D eigenvalue weighted by Crippen LogP contribution is 2.34. The Labute approximate surface area is 157 Å². The minimum atomic E-state index is -4.41. The Bertz CT molecular complexity index is 633. The van der Waals surface area contributed by atoms with Gasteiger partial charge in [0.1, 0.15) is 0 Å². The van der Waals surface area contributed by atoms with E-state index in [1.165, 1.54) is 44.4 Å². The Hall–Kier alpha value is -1.99. The van der Waals surface area contributed by atoms with Gasteiger partial charge in [-0.15, -0.1) is 0 Å². The summed E-state index contributed by atoms with van der Waals surface area (Å²) >= 11 is 0. The molecule has 0 radical (unpaired) electrons. The lowest BCUT2D eigenvalue weighted by Crippen LogP contribution is -2.45. The third-order valence-electron chi connectivity index (χ3n) is 5.38. The first-order valence-corrected chi connectivity index (χ1v) is 9.61. The molecule has 1 saturated carbocycles. The van der Waals surface area contributed by atoms with Gasteiger partial charge in [-0.3, -0.25) is 0 Å². The molecule has 1 aromatic rings. The topological polar surface area (TPSA) is 54.5 Å². The van der Waals surface area contributed by atoms with Gasteiger partial charge in [0, 0.05) is 31.4 Å². The summed E-state index contributed by atoms with van der Waals surface area (Å²) in [5.41, 5.74) is 0.656. The lowest BCUT2D eigenvalue weighted by atomic mass is 9.83. The number of rotatable bonds is 5. The quantitative estimate of drug-likeness (QED) is 0.823. The van der Waals surface area contributed by atoms with Crippen LogP contribution >= 0.6 is 0 Å². The van der Waals surface area contributed by atoms with E-state index in [4.69, 9.17) is 0 Å². The predicted octanol–water partition coefficient (Wildman–Crippen LogP) is 4.28. The van der Waals surface area contributed by atoms with Gasteiger partial charge in [0.25, 0.3) is 0 Å².